The molecule has 0 fully saturated rings. The fourth-order valence-electron chi connectivity index (χ4n) is 14.6. The number of rotatable bonds is 34. The molecule has 1 aliphatic rings. The van der Waals surface area contributed by atoms with Crippen molar-refractivity contribution in [1.29, 1.82) is 0 Å². The molecule has 0 radical (unpaired) electrons. The van der Waals surface area contributed by atoms with E-state index in [1.807, 2.05) is 13.8 Å². The number of nitrogens with two attached hydrogens (primary N) is 2. The third-order valence-electron chi connectivity index (χ3n) is 22.7. The van der Waals surface area contributed by atoms with E-state index in [2.05, 4.69) is 95.5 Å². The Morgan fingerprint density at radius 1 is 0.585 bits per heavy atom. The number of aromatic amines is 1. The van der Waals surface area contributed by atoms with Crippen molar-refractivity contribution in [3.05, 3.63) is 114 Å². The summed E-state index contributed by atoms with van der Waals surface area (Å²) in [6.45, 7) is 22.8. The van der Waals surface area contributed by atoms with Crippen molar-refractivity contribution < 1.29 is 91.7 Å². The van der Waals surface area contributed by atoms with Gasteiger partial charge in [-0.05, 0) is 159 Å². The lowest BCUT2D eigenvalue weighted by atomic mass is 9.91. The van der Waals surface area contributed by atoms with Gasteiger partial charge in [0, 0.05) is 62.4 Å². The summed E-state index contributed by atoms with van der Waals surface area (Å²) in [6, 6.07) is 2.43. The fraction of sp³-hybridized carbons (Fsp3) is 0.567. The number of H-pyrrole nitrogens is 1. The average molecular weight is 1810 g/mol. The molecule has 2 aromatic heterocycles. The van der Waals surface area contributed by atoms with E-state index in [9.17, 15) is 67.7 Å². The highest BCUT2D eigenvalue weighted by Gasteiger charge is 2.44. The van der Waals surface area contributed by atoms with Gasteiger partial charge in [0.2, 0.25) is 99.9 Å². The van der Waals surface area contributed by atoms with Crippen molar-refractivity contribution in [2.24, 2.45) is 29.2 Å². The number of ketones is 4. The van der Waals surface area contributed by atoms with Gasteiger partial charge in [-0.2, -0.15) is 0 Å². The normalized spacial score (nSPS) is 22.2. The van der Waals surface area contributed by atoms with Crippen molar-refractivity contribution >= 4 is 111 Å². The minimum Gasteiger partial charge on any atom is -0.508 e. The first-order valence-corrected chi connectivity index (χ1v) is 44.3. The maximum absolute atomic E-state index is 15.3. The number of aliphatic hydroxyl groups excluding tert-OH is 1. The predicted octanol–water partition coefficient (Wildman–Crippen LogP) is -0.0786. The summed E-state index contributed by atoms with van der Waals surface area (Å²) < 4.78 is 1.59. The highest BCUT2D eigenvalue weighted by atomic mass is 16.3. The van der Waals surface area contributed by atoms with Crippen LogP contribution in [0.1, 0.15) is 203 Å². The maximum Gasteiger partial charge on any atom is 0.246 e. The number of nitrogens with one attached hydrogen (secondary N) is 16. The molecule has 13 amide bonds. The summed E-state index contributed by atoms with van der Waals surface area (Å²) in [5, 5.41) is 60.1. The number of aromatic hydroxyl groups is 1. The Bertz CT molecular complexity index is 4770. The fourth-order valence-corrected chi connectivity index (χ4v) is 14.6. The molecule has 40 nitrogen and oxygen atoms in total. The number of aliphatic hydroxyl groups is 1. The Balaban J connectivity index is 1.40. The molecule has 0 aliphatic carbocycles. The van der Waals surface area contributed by atoms with E-state index < -0.39 is 214 Å². The summed E-state index contributed by atoms with van der Waals surface area (Å²) in [5.74, 6) is -16.7. The predicted molar refractivity (Wildman–Crippen MR) is 480 cm³/mol. The second-order valence-electron chi connectivity index (χ2n) is 35.2. The lowest BCUT2D eigenvalue weighted by molar-refractivity contribution is -0.141. The van der Waals surface area contributed by atoms with Crippen LogP contribution < -0.4 is 91.7 Å². The molecule has 5 aromatic rings. The van der Waals surface area contributed by atoms with Crippen LogP contribution in [0.15, 0.2) is 91.3 Å². The molecule has 2 bridgehead atoms. The molecule has 6 rings (SSSR count). The molecule has 130 heavy (non-hydrogen) atoms. The highest BCUT2D eigenvalue weighted by molar-refractivity contribution is 6.42. The first-order chi connectivity index (χ1) is 61.2. The number of nitrogens with zero attached hydrogens (tertiary/aromatic N) is 3. The number of para-hydroxylation sites is 1. The first-order valence-electron chi connectivity index (χ1n) is 44.3. The van der Waals surface area contributed by atoms with Gasteiger partial charge in [0.25, 0.3) is 0 Å². The summed E-state index contributed by atoms with van der Waals surface area (Å²) in [5.41, 5.74) is 20.6. The van der Waals surface area contributed by atoms with Gasteiger partial charge in [0.1, 0.15) is 65.2 Å². The highest BCUT2D eigenvalue weighted by Crippen LogP contribution is 2.24. The van der Waals surface area contributed by atoms with Crippen LogP contribution in [0.4, 0.5) is 0 Å². The second-order valence-corrected chi connectivity index (χ2v) is 35.2. The van der Waals surface area contributed by atoms with Crippen molar-refractivity contribution in [3.8, 4) is 5.75 Å². The van der Waals surface area contributed by atoms with Gasteiger partial charge in [-0.1, -0.05) is 133 Å². The number of hydrogen-bond acceptors (Lipinski definition) is 25. The van der Waals surface area contributed by atoms with E-state index >= 15 is 24.0 Å². The second kappa shape index (κ2) is 50.6. The van der Waals surface area contributed by atoms with Crippen LogP contribution in [-0.2, 0) is 114 Å². The maximum atomic E-state index is 15.3. The lowest BCUT2D eigenvalue weighted by Crippen LogP contribution is -2.65. The zero-order valence-corrected chi connectivity index (χ0v) is 76.8. The number of primary amides is 2. The van der Waals surface area contributed by atoms with Crippen LogP contribution in [0, 0.1) is 17.8 Å². The minimum absolute atomic E-state index is 0.00919. The third-order valence-corrected chi connectivity index (χ3v) is 22.7. The molecule has 22 N–H and O–H groups in total. The Labute approximate surface area is 756 Å². The number of carbonyl (C=O) groups is 17. The largest absolute Gasteiger partial charge is 0.508 e. The summed E-state index contributed by atoms with van der Waals surface area (Å²) >= 11 is 0. The van der Waals surface area contributed by atoms with Crippen LogP contribution in [0.5, 0.6) is 5.75 Å². The number of hydrazine groups is 2. The number of phenolic OH excluding ortho intramolecular Hbond substituents is 1. The van der Waals surface area contributed by atoms with E-state index in [0.29, 0.717) is 65.5 Å². The number of amides is 13. The number of benzene rings is 3. The van der Waals surface area contributed by atoms with Crippen molar-refractivity contribution in [2.75, 3.05) is 0 Å². The SMILES string of the molecule is CC[C@H](C)[C@H](NN[C@H](C)C(N)=O)C(=O)C(=O)C(C)NC(=O)[C@H](C)NC(=O)[C@]1(C)CCCc2cn(nn2)CCCCCC[C@@](C)(NC(=O)[C@H](Cc2ccccc2)NC(=O)[C@@H](NC(=O)[C@H](CC(C)C)NC(C)=O)[C@@H](C)O)C(=O)NC(C)C(=O)N[C@@H](Cc2ccc(O)cc2)C(=O)N[C@@H](Cc2c[nH]c3ccccc23)C(=O)NC(C)C(=O)C(=O)[C@H](CCC(N)=O)NN[C@@H](CC(C)C)C(=O)N1. The summed E-state index contributed by atoms with van der Waals surface area (Å²) in [6.07, 6.45) is 2.24. The number of hydrogen-bond donors (Lipinski definition) is 20. The zero-order chi connectivity index (χ0) is 96.6. The van der Waals surface area contributed by atoms with Gasteiger partial charge in [0.15, 0.2) is 0 Å². The number of Topliss-reactive ketones (excluding diaryl/α,β-unsaturated/α-hetero) is 4. The molecule has 1 aliphatic heterocycles. The molecule has 0 saturated heterocycles. The zero-order valence-electron chi connectivity index (χ0n) is 76.8. The van der Waals surface area contributed by atoms with Gasteiger partial charge < -0.3 is 85.1 Å². The van der Waals surface area contributed by atoms with Crippen molar-refractivity contribution in [1.82, 2.24) is 100 Å². The van der Waals surface area contributed by atoms with Crippen LogP contribution >= 0.6 is 0 Å². The molecular formula is C90H133N21O19. The smallest absolute Gasteiger partial charge is 0.246 e. The van der Waals surface area contributed by atoms with E-state index in [0.717, 1.165) is 0 Å². The van der Waals surface area contributed by atoms with Crippen LogP contribution in [-0.4, -0.2) is 226 Å². The van der Waals surface area contributed by atoms with E-state index in [4.69, 9.17) is 11.5 Å². The molecule has 40 heteroatoms. The molecule has 3 unspecified atom stereocenters. The molecule has 17 atom stereocenters. The summed E-state index contributed by atoms with van der Waals surface area (Å²) in [7, 11) is 0. The first kappa shape index (κ1) is 107. The molecule has 3 heterocycles. The Morgan fingerprint density at radius 3 is 1.86 bits per heavy atom. The van der Waals surface area contributed by atoms with Gasteiger partial charge in [-0.25, -0.2) is 21.7 Å². The molecule has 712 valence electrons. The lowest BCUT2D eigenvalue weighted by Gasteiger charge is -2.33. The molecule has 0 spiro atoms. The van der Waals surface area contributed by atoms with Gasteiger partial charge in [-0.3, -0.25) is 86.2 Å². The van der Waals surface area contributed by atoms with Gasteiger partial charge in [-0.15, -0.1) is 5.10 Å². The molecule has 0 saturated carbocycles. The number of fused-ring (bicyclic) bond motifs is 3. The van der Waals surface area contributed by atoms with Crippen LogP contribution in [0.25, 0.3) is 10.9 Å². The Hall–Kier alpha value is -12.3. The monoisotopic (exact) mass is 1810 g/mol. The van der Waals surface area contributed by atoms with Crippen molar-refractivity contribution in [2.45, 2.75) is 309 Å². The average Bonchev–Trinajstić information content (AvgIpc) is 0.978. The van der Waals surface area contributed by atoms with Crippen molar-refractivity contribution in [3.63, 3.8) is 0 Å². The topological polar surface area (TPSA) is 610 Å². The van der Waals surface area contributed by atoms with Crippen LogP contribution in [0.3, 0.4) is 0 Å². The number of carbonyl (C=O) groups excluding carboxylic acids is 17. The van der Waals surface area contributed by atoms with Gasteiger partial charge >= 0.3 is 0 Å². The Kier molecular flexibility index (Phi) is 41.5. The van der Waals surface area contributed by atoms with E-state index in [1.165, 1.54) is 86.6 Å². The summed E-state index contributed by atoms with van der Waals surface area (Å²) in [4.78, 5) is 245. The third kappa shape index (κ3) is 33.0. The van der Waals surface area contributed by atoms with Crippen LogP contribution in [0.2, 0.25) is 0 Å². The quantitative estimate of drug-likeness (QED) is 0.0189. The molecular weight excluding hydrogens is 1680 g/mol. The Morgan fingerprint density at radius 2 is 1.22 bits per heavy atom. The van der Waals surface area contributed by atoms with Gasteiger partial charge in [0.05, 0.1) is 42.0 Å². The van der Waals surface area contributed by atoms with E-state index in [-0.39, 0.29) is 81.8 Å². The number of aryl methyl sites for hydroxylation is 2. The number of aromatic nitrogens is 4. The molecule has 3 aromatic carbocycles. The van der Waals surface area contributed by atoms with E-state index in [1.54, 1.807) is 99.4 Å². The minimum atomic E-state index is -1.94. The standard InChI is InChI=1S/C90H133N21O19/c1-16-50(6)72(109-105-53(9)78(92)120)77(119)75(117)52(8)94-79(121)54(10)96-88(130)90(15)39-26-29-61-47-111(110-106-61)40-25-18-17-24-38-89(14,103-84(126)68(43-58-27-20-19-21-28-58)101-86(128)73(56(12)112)102-83(125)66(41-48(2)3)98-57(13)113)87(129)97-55(11)80(122)99-67(44-59-32-34-62(114)35-33-59)82(124)100-69(45-60-46-93-64-31-23-22-30-63(60)64)81(123)95-51(7)74(116)76(118)65(36-37-71(91)115)107-108-70(42-49(4)5)85(127)104-90/h19-23,27-28,30-35,46-56,65-70,72-73,93,105,107-109,112,114H,16-18,24-26,29,36-45H2,1-15H3,(H2,91,115)(H2,92,120)(H,94,121)(H,95,123)(H,96,130)(H,97,129)(H,98,113)(H,99,122)(H,100,124)(H,101,128)(H,102,125)(H,103,126)(H,104,127)/t50-,51?,52?,53+,54-,55?,56+,65-,66-,67-,68-,69-,70-,72-,73-,89+,90-/m0/s1. The number of phenols is 1.